The SMILES string of the molecule is O=P(c1ccccc1)(c1ccccc1)C(Cc1ccccc1)c1ccccc1. The predicted molar refractivity (Wildman–Crippen MR) is 119 cm³/mol. The topological polar surface area (TPSA) is 17.1 Å². The highest BCUT2D eigenvalue weighted by Gasteiger charge is 2.37. The number of hydrogen-bond acceptors (Lipinski definition) is 1. The Balaban J connectivity index is 1.93. The lowest BCUT2D eigenvalue weighted by Crippen LogP contribution is -2.22. The van der Waals surface area contributed by atoms with E-state index in [1.165, 1.54) is 5.56 Å². The Hall–Kier alpha value is -2.89. The Bertz CT molecular complexity index is 1000. The molecule has 138 valence electrons. The van der Waals surface area contributed by atoms with Crippen LogP contribution in [0.5, 0.6) is 0 Å². The highest BCUT2D eigenvalue weighted by Crippen LogP contribution is 2.58. The summed E-state index contributed by atoms with van der Waals surface area (Å²) in [6, 6.07) is 40.6. The second kappa shape index (κ2) is 8.42. The molecule has 0 aliphatic carbocycles. The number of benzene rings is 4. The lowest BCUT2D eigenvalue weighted by molar-refractivity contribution is 0.577. The van der Waals surface area contributed by atoms with Gasteiger partial charge in [-0.2, -0.15) is 0 Å². The van der Waals surface area contributed by atoms with Gasteiger partial charge in [-0.15, -0.1) is 0 Å². The van der Waals surface area contributed by atoms with Crippen LogP contribution in [0.15, 0.2) is 121 Å². The summed E-state index contributed by atoms with van der Waals surface area (Å²) in [4.78, 5) is 0. The van der Waals surface area contributed by atoms with E-state index in [1.807, 2.05) is 97.1 Å². The van der Waals surface area contributed by atoms with E-state index < -0.39 is 7.14 Å². The van der Waals surface area contributed by atoms with Crippen molar-refractivity contribution < 1.29 is 4.57 Å². The summed E-state index contributed by atoms with van der Waals surface area (Å²) in [6.07, 6.45) is 0.728. The van der Waals surface area contributed by atoms with Gasteiger partial charge in [0.2, 0.25) is 0 Å². The molecule has 0 fully saturated rings. The lowest BCUT2D eigenvalue weighted by Gasteiger charge is -2.29. The first-order chi connectivity index (χ1) is 13.8. The fraction of sp³-hybridized carbons (Fsp3) is 0.0769. The molecule has 1 nitrogen and oxygen atoms in total. The van der Waals surface area contributed by atoms with Crippen LogP contribution >= 0.6 is 7.14 Å². The third kappa shape index (κ3) is 3.72. The molecule has 1 atom stereocenters. The van der Waals surface area contributed by atoms with Crippen LogP contribution in [0.2, 0.25) is 0 Å². The van der Waals surface area contributed by atoms with E-state index in [0.29, 0.717) is 0 Å². The minimum absolute atomic E-state index is 0.124. The van der Waals surface area contributed by atoms with Gasteiger partial charge < -0.3 is 4.57 Å². The molecule has 28 heavy (non-hydrogen) atoms. The van der Waals surface area contributed by atoms with Crippen LogP contribution in [-0.2, 0) is 11.0 Å². The molecule has 4 aromatic carbocycles. The van der Waals surface area contributed by atoms with Crippen LogP contribution in [0.4, 0.5) is 0 Å². The van der Waals surface area contributed by atoms with E-state index in [-0.39, 0.29) is 5.66 Å². The van der Waals surface area contributed by atoms with Gasteiger partial charge in [-0.25, -0.2) is 0 Å². The molecule has 0 aromatic heterocycles. The minimum atomic E-state index is -2.92. The largest absolute Gasteiger partial charge is 0.313 e. The summed E-state index contributed by atoms with van der Waals surface area (Å²) >= 11 is 0. The fourth-order valence-electron chi connectivity index (χ4n) is 3.78. The summed E-state index contributed by atoms with van der Waals surface area (Å²) in [7, 11) is -2.92. The first-order valence-electron chi connectivity index (χ1n) is 9.58. The van der Waals surface area contributed by atoms with Crippen molar-refractivity contribution in [1.29, 1.82) is 0 Å². The van der Waals surface area contributed by atoms with Crippen LogP contribution in [0.1, 0.15) is 16.8 Å². The normalized spacial score (nSPS) is 12.4. The highest BCUT2D eigenvalue weighted by molar-refractivity contribution is 7.79. The lowest BCUT2D eigenvalue weighted by atomic mass is 10.0. The maximum atomic E-state index is 14.9. The summed E-state index contributed by atoms with van der Waals surface area (Å²) in [5, 5.41) is 1.82. The molecular weight excluding hydrogens is 359 g/mol. The maximum absolute atomic E-state index is 14.9. The average Bonchev–Trinajstić information content (AvgIpc) is 2.79. The Labute approximate surface area is 167 Å². The molecule has 4 rings (SSSR count). The van der Waals surface area contributed by atoms with Gasteiger partial charge in [0, 0.05) is 16.3 Å². The second-order valence-corrected chi connectivity index (χ2v) is 9.92. The second-order valence-electron chi connectivity index (χ2n) is 6.95. The van der Waals surface area contributed by atoms with Gasteiger partial charge in [-0.3, -0.25) is 0 Å². The summed E-state index contributed by atoms with van der Waals surface area (Å²) in [6.45, 7) is 0. The molecule has 0 saturated carbocycles. The third-order valence-corrected chi connectivity index (χ3v) is 8.66. The summed E-state index contributed by atoms with van der Waals surface area (Å²) < 4.78 is 14.9. The Morgan fingerprint density at radius 2 is 0.929 bits per heavy atom. The van der Waals surface area contributed by atoms with Crippen molar-refractivity contribution in [3.05, 3.63) is 132 Å². The van der Waals surface area contributed by atoms with Gasteiger partial charge in [-0.05, 0) is 17.5 Å². The van der Waals surface area contributed by atoms with Gasteiger partial charge in [0.05, 0.1) is 0 Å². The van der Waals surface area contributed by atoms with E-state index in [9.17, 15) is 4.57 Å². The Morgan fingerprint density at radius 1 is 0.536 bits per heavy atom. The highest BCUT2D eigenvalue weighted by atomic mass is 31.2. The van der Waals surface area contributed by atoms with Gasteiger partial charge >= 0.3 is 0 Å². The van der Waals surface area contributed by atoms with Crippen molar-refractivity contribution in [3.8, 4) is 0 Å². The molecule has 0 aliphatic heterocycles. The van der Waals surface area contributed by atoms with Crippen molar-refractivity contribution in [3.63, 3.8) is 0 Å². The number of rotatable bonds is 6. The van der Waals surface area contributed by atoms with Gasteiger partial charge in [-0.1, -0.05) is 121 Å². The molecule has 4 aromatic rings. The maximum Gasteiger partial charge on any atom is 0.150 e. The van der Waals surface area contributed by atoms with E-state index >= 15 is 0 Å². The molecule has 0 radical (unpaired) electrons. The molecule has 0 aliphatic rings. The molecule has 0 amide bonds. The van der Waals surface area contributed by atoms with Gasteiger partial charge in [0.15, 0.2) is 7.14 Å². The fourth-order valence-corrected chi connectivity index (χ4v) is 7.08. The first kappa shape index (κ1) is 18.5. The first-order valence-corrected chi connectivity index (χ1v) is 11.4. The smallest absolute Gasteiger partial charge is 0.150 e. The van der Waals surface area contributed by atoms with Crippen molar-refractivity contribution in [2.45, 2.75) is 12.1 Å². The molecule has 0 saturated heterocycles. The van der Waals surface area contributed by atoms with Crippen LogP contribution in [0, 0.1) is 0 Å². The quantitative estimate of drug-likeness (QED) is 0.375. The van der Waals surface area contributed by atoms with E-state index in [1.54, 1.807) is 0 Å². The third-order valence-electron chi connectivity index (χ3n) is 5.17. The zero-order valence-electron chi connectivity index (χ0n) is 15.7. The van der Waals surface area contributed by atoms with Crippen molar-refractivity contribution >= 4 is 17.8 Å². The Morgan fingerprint density at radius 3 is 1.39 bits per heavy atom. The zero-order chi connectivity index (χ0) is 19.2. The number of hydrogen-bond donors (Lipinski definition) is 0. The van der Waals surface area contributed by atoms with Crippen LogP contribution in [0.25, 0.3) is 0 Å². The predicted octanol–water partition coefficient (Wildman–Crippen LogP) is 5.98. The summed E-state index contributed by atoms with van der Waals surface area (Å²) in [5.41, 5.74) is 2.19. The molecule has 0 spiro atoms. The minimum Gasteiger partial charge on any atom is -0.313 e. The Kier molecular flexibility index (Phi) is 5.55. The van der Waals surface area contributed by atoms with Crippen LogP contribution < -0.4 is 10.6 Å². The van der Waals surface area contributed by atoms with Crippen molar-refractivity contribution in [2.24, 2.45) is 0 Å². The van der Waals surface area contributed by atoms with Crippen molar-refractivity contribution in [1.82, 2.24) is 0 Å². The molecule has 2 heteroatoms. The molecule has 1 unspecified atom stereocenters. The van der Waals surface area contributed by atoms with E-state index in [0.717, 1.165) is 22.6 Å². The molecule has 0 bridgehead atoms. The zero-order valence-corrected chi connectivity index (χ0v) is 16.6. The average molecular weight is 382 g/mol. The molecular formula is C26H23OP. The summed E-state index contributed by atoms with van der Waals surface area (Å²) in [5.74, 6) is 0. The molecule has 0 N–H and O–H groups in total. The van der Waals surface area contributed by atoms with Crippen LogP contribution in [-0.4, -0.2) is 0 Å². The van der Waals surface area contributed by atoms with E-state index in [2.05, 4.69) is 24.3 Å². The van der Waals surface area contributed by atoms with Gasteiger partial charge in [0.1, 0.15) is 0 Å². The van der Waals surface area contributed by atoms with E-state index in [4.69, 9.17) is 0 Å². The monoisotopic (exact) mass is 382 g/mol. The standard InChI is InChI=1S/C26H23OP/c27-28(24-17-9-3-10-18-24,25-19-11-4-12-20-25)26(23-15-7-2-8-16-23)21-22-13-5-1-6-14-22/h1-20,26H,21H2. The van der Waals surface area contributed by atoms with Crippen LogP contribution in [0.3, 0.4) is 0 Å². The van der Waals surface area contributed by atoms with Gasteiger partial charge in [0.25, 0.3) is 0 Å². The molecule has 0 heterocycles. The van der Waals surface area contributed by atoms with Crippen molar-refractivity contribution in [2.75, 3.05) is 0 Å².